The zero-order valence-electron chi connectivity index (χ0n) is 10.3. The van der Waals surface area contributed by atoms with Gasteiger partial charge in [0.05, 0.1) is 23.7 Å². The smallest absolute Gasteiger partial charge is 0.311 e. The van der Waals surface area contributed by atoms with Crippen molar-refractivity contribution in [3.8, 4) is 0 Å². The Balaban J connectivity index is 2.24. The first-order valence-corrected chi connectivity index (χ1v) is 6.05. The topological polar surface area (TPSA) is 46.6 Å². The van der Waals surface area contributed by atoms with Crippen molar-refractivity contribution in [3.63, 3.8) is 0 Å². The summed E-state index contributed by atoms with van der Waals surface area (Å²) in [5.74, 6) is -0.856. The van der Waals surface area contributed by atoms with Crippen LogP contribution < -0.4 is 4.90 Å². The molecule has 0 aromatic heterocycles. The molecule has 1 aliphatic rings. The maximum Gasteiger partial charge on any atom is 0.311 e. The van der Waals surface area contributed by atoms with Crippen molar-refractivity contribution in [2.24, 2.45) is 5.92 Å². The van der Waals surface area contributed by atoms with E-state index in [1.807, 2.05) is 13.0 Å². The van der Waals surface area contributed by atoms with Crippen molar-refractivity contribution < 1.29 is 14.3 Å². The molecule has 1 amide bonds. The van der Waals surface area contributed by atoms with E-state index in [-0.39, 0.29) is 18.3 Å². The van der Waals surface area contributed by atoms with Gasteiger partial charge in [-0.2, -0.15) is 0 Å². The van der Waals surface area contributed by atoms with Gasteiger partial charge >= 0.3 is 5.97 Å². The monoisotopic (exact) mass is 267 g/mol. The van der Waals surface area contributed by atoms with Crippen molar-refractivity contribution >= 4 is 29.2 Å². The molecule has 0 N–H and O–H groups in total. The van der Waals surface area contributed by atoms with Crippen LogP contribution in [0.25, 0.3) is 0 Å². The number of aryl methyl sites for hydroxylation is 1. The summed E-state index contributed by atoms with van der Waals surface area (Å²) in [6, 6.07) is 5.49. The summed E-state index contributed by atoms with van der Waals surface area (Å²) in [6.45, 7) is 2.26. The minimum absolute atomic E-state index is 0.101. The molecule has 1 unspecified atom stereocenters. The van der Waals surface area contributed by atoms with E-state index in [9.17, 15) is 9.59 Å². The largest absolute Gasteiger partial charge is 0.469 e. The molecule has 4 nitrogen and oxygen atoms in total. The third kappa shape index (κ3) is 2.34. The third-order valence-electron chi connectivity index (χ3n) is 3.05. The molecule has 2 rings (SSSR count). The Bertz CT molecular complexity index is 501. The summed E-state index contributed by atoms with van der Waals surface area (Å²) < 4.78 is 4.67. The Morgan fingerprint density at radius 1 is 1.50 bits per heavy atom. The average Bonchev–Trinajstić information content (AvgIpc) is 2.70. The summed E-state index contributed by atoms with van der Waals surface area (Å²) in [5, 5.41) is 0.522. The Kier molecular flexibility index (Phi) is 3.57. The molecular formula is C13H14ClNO3. The first kappa shape index (κ1) is 12.9. The molecule has 1 fully saturated rings. The number of ether oxygens (including phenoxy) is 1. The lowest BCUT2D eigenvalue weighted by atomic mass is 10.1. The number of rotatable bonds is 2. The fraction of sp³-hybridized carbons (Fsp3) is 0.385. The second kappa shape index (κ2) is 4.98. The molecule has 0 radical (unpaired) electrons. The number of halogens is 1. The van der Waals surface area contributed by atoms with E-state index in [0.29, 0.717) is 17.3 Å². The first-order chi connectivity index (χ1) is 8.52. The lowest BCUT2D eigenvalue weighted by Gasteiger charge is -2.18. The van der Waals surface area contributed by atoms with Gasteiger partial charge in [0.2, 0.25) is 5.91 Å². The summed E-state index contributed by atoms with van der Waals surface area (Å²) in [4.78, 5) is 24.9. The molecule has 96 valence electrons. The Morgan fingerprint density at radius 2 is 2.22 bits per heavy atom. The van der Waals surface area contributed by atoms with Gasteiger partial charge in [-0.3, -0.25) is 9.59 Å². The molecule has 0 saturated carbocycles. The van der Waals surface area contributed by atoms with Crippen LogP contribution in [-0.4, -0.2) is 25.5 Å². The molecule has 1 aliphatic heterocycles. The number of nitrogens with zero attached hydrogens (tertiary/aromatic N) is 1. The number of esters is 1. The third-order valence-corrected chi connectivity index (χ3v) is 3.36. The molecule has 1 heterocycles. The summed E-state index contributed by atoms with van der Waals surface area (Å²) >= 11 is 6.13. The zero-order valence-corrected chi connectivity index (χ0v) is 11.0. The van der Waals surface area contributed by atoms with Crippen LogP contribution in [0.3, 0.4) is 0 Å². The van der Waals surface area contributed by atoms with Gasteiger partial charge in [0.1, 0.15) is 0 Å². The molecule has 0 bridgehead atoms. The minimum Gasteiger partial charge on any atom is -0.469 e. The molecule has 18 heavy (non-hydrogen) atoms. The number of anilines is 1. The number of methoxy groups -OCH3 is 1. The van der Waals surface area contributed by atoms with E-state index in [0.717, 1.165) is 5.56 Å². The SMILES string of the molecule is COC(=O)C1CC(=O)N(c2ccc(C)cc2Cl)C1. The van der Waals surface area contributed by atoms with Gasteiger partial charge in [-0.1, -0.05) is 17.7 Å². The van der Waals surface area contributed by atoms with Gasteiger partial charge in [-0.05, 0) is 24.6 Å². The van der Waals surface area contributed by atoms with Crippen molar-refractivity contribution in [1.29, 1.82) is 0 Å². The number of carbonyl (C=O) groups excluding carboxylic acids is 2. The van der Waals surface area contributed by atoms with Crippen molar-refractivity contribution in [2.75, 3.05) is 18.6 Å². The number of benzene rings is 1. The van der Waals surface area contributed by atoms with Crippen molar-refractivity contribution in [1.82, 2.24) is 0 Å². The van der Waals surface area contributed by atoms with Gasteiger partial charge in [0.25, 0.3) is 0 Å². The van der Waals surface area contributed by atoms with E-state index in [2.05, 4.69) is 4.74 Å². The molecule has 5 heteroatoms. The highest BCUT2D eigenvalue weighted by Gasteiger charge is 2.36. The predicted molar refractivity (Wildman–Crippen MR) is 68.7 cm³/mol. The number of carbonyl (C=O) groups is 2. The molecule has 1 aromatic carbocycles. The van der Waals surface area contributed by atoms with E-state index in [1.165, 1.54) is 7.11 Å². The van der Waals surface area contributed by atoms with Crippen LogP contribution in [0.15, 0.2) is 18.2 Å². The molecule has 1 atom stereocenters. The maximum atomic E-state index is 11.9. The predicted octanol–water partition coefficient (Wildman–Crippen LogP) is 2.17. The van der Waals surface area contributed by atoms with Crippen LogP contribution in [0, 0.1) is 12.8 Å². The second-order valence-electron chi connectivity index (χ2n) is 4.38. The van der Waals surface area contributed by atoms with Crippen LogP contribution in [0.4, 0.5) is 5.69 Å². The van der Waals surface area contributed by atoms with E-state index in [4.69, 9.17) is 11.6 Å². The Labute approximate surface area is 110 Å². The molecule has 1 aromatic rings. The highest BCUT2D eigenvalue weighted by Crippen LogP contribution is 2.32. The quantitative estimate of drug-likeness (QED) is 0.772. The first-order valence-electron chi connectivity index (χ1n) is 5.67. The lowest BCUT2D eigenvalue weighted by Crippen LogP contribution is -2.26. The summed E-state index contributed by atoms with van der Waals surface area (Å²) in [7, 11) is 1.33. The molecule has 0 aliphatic carbocycles. The fourth-order valence-corrected chi connectivity index (χ4v) is 2.43. The van der Waals surface area contributed by atoms with Crippen LogP contribution in [-0.2, 0) is 14.3 Å². The Morgan fingerprint density at radius 3 is 2.83 bits per heavy atom. The van der Waals surface area contributed by atoms with E-state index >= 15 is 0 Å². The van der Waals surface area contributed by atoms with Gasteiger partial charge in [0, 0.05) is 13.0 Å². The van der Waals surface area contributed by atoms with Crippen LogP contribution in [0.2, 0.25) is 5.02 Å². The van der Waals surface area contributed by atoms with E-state index < -0.39 is 5.92 Å². The fourth-order valence-electron chi connectivity index (χ4n) is 2.10. The summed E-state index contributed by atoms with van der Waals surface area (Å²) in [5.41, 5.74) is 1.68. The minimum atomic E-state index is -0.403. The molecule has 0 spiro atoms. The van der Waals surface area contributed by atoms with Gasteiger partial charge in [-0.15, -0.1) is 0 Å². The van der Waals surface area contributed by atoms with Crippen LogP contribution in [0.1, 0.15) is 12.0 Å². The van der Waals surface area contributed by atoms with Gasteiger partial charge in [0.15, 0.2) is 0 Å². The zero-order chi connectivity index (χ0) is 13.3. The van der Waals surface area contributed by atoms with Crippen molar-refractivity contribution in [2.45, 2.75) is 13.3 Å². The maximum absolute atomic E-state index is 11.9. The number of hydrogen-bond donors (Lipinski definition) is 0. The summed E-state index contributed by atoms with van der Waals surface area (Å²) in [6.07, 6.45) is 0.177. The van der Waals surface area contributed by atoms with Gasteiger partial charge in [-0.25, -0.2) is 0 Å². The lowest BCUT2D eigenvalue weighted by molar-refractivity contribution is -0.145. The van der Waals surface area contributed by atoms with Crippen LogP contribution in [0.5, 0.6) is 0 Å². The second-order valence-corrected chi connectivity index (χ2v) is 4.79. The number of hydrogen-bond acceptors (Lipinski definition) is 3. The highest BCUT2D eigenvalue weighted by atomic mass is 35.5. The van der Waals surface area contributed by atoms with Crippen molar-refractivity contribution in [3.05, 3.63) is 28.8 Å². The molecule has 1 saturated heterocycles. The van der Waals surface area contributed by atoms with E-state index in [1.54, 1.807) is 17.0 Å². The van der Waals surface area contributed by atoms with Gasteiger partial charge < -0.3 is 9.64 Å². The Hall–Kier alpha value is -1.55. The standard InChI is InChI=1S/C13H14ClNO3/c1-8-3-4-11(10(14)5-8)15-7-9(6-12(15)16)13(17)18-2/h3-5,9H,6-7H2,1-2H3. The van der Waals surface area contributed by atoms with Crippen LogP contribution >= 0.6 is 11.6 Å². The number of amides is 1. The highest BCUT2D eigenvalue weighted by molar-refractivity contribution is 6.34. The average molecular weight is 268 g/mol. The normalized spacial score (nSPS) is 19.2. The molecular weight excluding hydrogens is 254 g/mol.